The summed E-state index contributed by atoms with van der Waals surface area (Å²) in [4.78, 5) is 16.4. The Balaban J connectivity index is 2.16. The molecule has 0 bridgehead atoms. The van der Waals surface area contributed by atoms with E-state index in [0.717, 1.165) is 19.6 Å². The fraction of sp³-hybridized carbons (Fsp3) is 0.583. The Morgan fingerprint density at radius 1 is 1.59 bits per heavy atom. The van der Waals surface area contributed by atoms with Gasteiger partial charge in [0.15, 0.2) is 0 Å². The number of amides is 1. The second kappa shape index (κ2) is 4.89. The molecule has 1 aromatic heterocycles. The third-order valence-corrected chi connectivity index (χ3v) is 3.31. The molecule has 0 saturated carbocycles. The lowest BCUT2D eigenvalue weighted by molar-refractivity contribution is 0.0514. The van der Waals surface area contributed by atoms with Gasteiger partial charge in [0.2, 0.25) is 0 Å². The van der Waals surface area contributed by atoms with E-state index in [4.69, 9.17) is 10.2 Å². The maximum Gasteiger partial charge on any atom is 0.257 e. The molecular weight excluding hydrogens is 218 g/mol. The van der Waals surface area contributed by atoms with E-state index in [1.165, 1.54) is 0 Å². The lowest BCUT2D eigenvalue weighted by atomic mass is 10.1. The first-order chi connectivity index (χ1) is 8.13. The van der Waals surface area contributed by atoms with Crippen molar-refractivity contribution in [3.63, 3.8) is 0 Å². The third-order valence-electron chi connectivity index (χ3n) is 3.31. The summed E-state index contributed by atoms with van der Waals surface area (Å²) in [5, 5.41) is 0. The molecule has 1 saturated heterocycles. The highest BCUT2D eigenvalue weighted by Crippen LogP contribution is 2.16. The normalized spacial score (nSPS) is 21.8. The summed E-state index contributed by atoms with van der Waals surface area (Å²) in [6, 6.07) is 1.82. The fourth-order valence-corrected chi connectivity index (χ4v) is 2.24. The minimum atomic E-state index is 0.0276. The smallest absolute Gasteiger partial charge is 0.257 e. The molecule has 1 unspecified atom stereocenters. The van der Waals surface area contributed by atoms with Crippen molar-refractivity contribution in [2.75, 3.05) is 33.2 Å². The van der Waals surface area contributed by atoms with E-state index in [2.05, 4.69) is 4.90 Å². The highest BCUT2D eigenvalue weighted by atomic mass is 16.3. The first-order valence-electron chi connectivity index (χ1n) is 5.87. The van der Waals surface area contributed by atoms with Crippen LogP contribution < -0.4 is 5.73 Å². The van der Waals surface area contributed by atoms with Gasteiger partial charge in [0, 0.05) is 26.2 Å². The van der Waals surface area contributed by atoms with Gasteiger partial charge in [0.05, 0.1) is 17.9 Å². The van der Waals surface area contributed by atoms with Crippen LogP contribution in [0.3, 0.4) is 0 Å². The molecule has 17 heavy (non-hydrogen) atoms. The number of hydrogen-bond acceptors (Lipinski definition) is 4. The molecular formula is C12H19N3O2. The maximum atomic E-state index is 12.3. The summed E-state index contributed by atoms with van der Waals surface area (Å²) < 4.78 is 5.18. The highest BCUT2D eigenvalue weighted by molar-refractivity contribution is 5.95. The predicted molar refractivity (Wildman–Crippen MR) is 64.8 cm³/mol. The molecule has 2 heterocycles. The average molecular weight is 237 g/mol. The van der Waals surface area contributed by atoms with E-state index >= 15 is 0 Å². The molecule has 1 aromatic rings. The SMILES string of the molecule is Cc1occc1C(=O)N1CCN(C)CC1CN. The summed E-state index contributed by atoms with van der Waals surface area (Å²) >= 11 is 0. The van der Waals surface area contributed by atoms with Gasteiger partial charge in [-0.1, -0.05) is 0 Å². The van der Waals surface area contributed by atoms with Gasteiger partial charge >= 0.3 is 0 Å². The standard InChI is InChI=1S/C12H19N3O2/c1-9-11(3-6-17-9)12(16)15-5-4-14(2)8-10(15)7-13/h3,6,10H,4-5,7-8,13H2,1-2H3. The summed E-state index contributed by atoms with van der Waals surface area (Å²) in [5.74, 6) is 0.699. The van der Waals surface area contributed by atoms with Crippen molar-refractivity contribution in [1.29, 1.82) is 0 Å². The van der Waals surface area contributed by atoms with Gasteiger partial charge in [0.1, 0.15) is 5.76 Å². The number of nitrogens with two attached hydrogens (primary N) is 1. The quantitative estimate of drug-likeness (QED) is 0.803. The van der Waals surface area contributed by atoms with Crippen LogP contribution in [-0.4, -0.2) is 55.0 Å². The third kappa shape index (κ3) is 2.35. The Morgan fingerprint density at radius 3 is 2.94 bits per heavy atom. The van der Waals surface area contributed by atoms with Crippen molar-refractivity contribution < 1.29 is 9.21 Å². The van der Waals surface area contributed by atoms with E-state index in [1.54, 1.807) is 19.3 Å². The van der Waals surface area contributed by atoms with E-state index in [-0.39, 0.29) is 11.9 Å². The van der Waals surface area contributed by atoms with Crippen LogP contribution in [0.5, 0.6) is 0 Å². The summed E-state index contributed by atoms with van der Waals surface area (Å²) in [6.45, 7) is 4.74. The average Bonchev–Trinajstić information content (AvgIpc) is 2.74. The Hall–Kier alpha value is -1.33. The van der Waals surface area contributed by atoms with E-state index in [1.807, 2.05) is 11.9 Å². The van der Waals surface area contributed by atoms with Gasteiger partial charge in [-0.2, -0.15) is 0 Å². The summed E-state index contributed by atoms with van der Waals surface area (Å²) in [5.41, 5.74) is 6.39. The van der Waals surface area contributed by atoms with Gasteiger partial charge < -0.3 is 20.0 Å². The van der Waals surface area contributed by atoms with Crippen LogP contribution in [0.4, 0.5) is 0 Å². The van der Waals surface area contributed by atoms with Crippen molar-refractivity contribution in [3.05, 3.63) is 23.7 Å². The van der Waals surface area contributed by atoms with Gasteiger partial charge in [0.25, 0.3) is 5.91 Å². The number of rotatable bonds is 2. The van der Waals surface area contributed by atoms with E-state index in [9.17, 15) is 4.79 Å². The van der Waals surface area contributed by atoms with Crippen molar-refractivity contribution in [2.45, 2.75) is 13.0 Å². The van der Waals surface area contributed by atoms with Crippen LogP contribution >= 0.6 is 0 Å². The van der Waals surface area contributed by atoms with Crippen LogP contribution in [0, 0.1) is 6.92 Å². The maximum absolute atomic E-state index is 12.3. The fourth-order valence-electron chi connectivity index (χ4n) is 2.24. The highest BCUT2D eigenvalue weighted by Gasteiger charge is 2.29. The molecule has 0 spiro atoms. The molecule has 94 valence electrons. The minimum Gasteiger partial charge on any atom is -0.469 e. The van der Waals surface area contributed by atoms with Gasteiger partial charge in [-0.15, -0.1) is 0 Å². The Kier molecular flexibility index (Phi) is 3.49. The lowest BCUT2D eigenvalue weighted by Gasteiger charge is -2.39. The largest absolute Gasteiger partial charge is 0.469 e. The van der Waals surface area contributed by atoms with Gasteiger partial charge in [-0.25, -0.2) is 0 Å². The molecule has 5 nitrogen and oxygen atoms in total. The predicted octanol–water partition coefficient (Wildman–Crippen LogP) is 0.303. The Morgan fingerprint density at radius 2 is 2.35 bits per heavy atom. The molecule has 1 aliphatic heterocycles. The monoisotopic (exact) mass is 237 g/mol. The molecule has 1 fully saturated rings. The zero-order chi connectivity index (χ0) is 12.4. The number of carbonyl (C=O) groups is 1. The van der Waals surface area contributed by atoms with Crippen LogP contribution in [0.25, 0.3) is 0 Å². The van der Waals surface area contributed by atoms with E-state index < -0.39 is 0 Å². The van der Waals surface area contributed by atoms with Crippen LogP contribution in [0.15, 0.2) is 16.7 Å². The molecule has 0 aromatic carbocycles. The molecule has 0 radical (unpaired) electrons. The minimum absolute atomic E-state index is 0.0276. The molecule has 1 amide bonds. The first-order valence-corrected chi connectivity index (χ1v) is 5.87. The second-order valence-electron chi connectivity index (χ2n) is 4.54. The molecule has 1 aliphatic rings. The number of carbonyl (C=O) groups excluding carboxylic acids is 1. The van der Waals surface area contributed by atoms with Crippen LogP contribution in [-0.2, 0) is 0 Å². The zero-order valence-corrected chi connectivity index (χ0v) is 10.3. The number of hydrogen-bond donors (Lipinski definition) is 1. The van der Waals surface area contributed by atoms with Crippen molar-refractivity contribution >= 4 is 5.91 Å². The molecule has 2 rings (SSSR count). The number of furan rings is 1. The molecule has 1 atom stereocenters. The van der Waals surface area contributed by atoms with Gasteiger partial charge in [-0.05, 0) is 20.0 Å². The number of aryl methyl sites for hydroxylation is 1. The summed E-state index contributed by atoms with van der Waals surface area (Å²) in [6.07, 6.45) is 1.55. The van der Waals surface area contributed by atoms with Crippen molar-refractivity contribution in [2.24, 2.45) is 5.73 Å². The van der Waals surface area contributed by atoms with Crippen molar-refractivity contribution in [3.8, 4) is 0 Å². The van der Waals surface area contributed by atoms with Gasteiger partial charge in [-0.3, -0.25) is 4.79 Å². The topological polar surface area (TPSA) is 62.7 Å². The van der Waals surface area contributed by atoms with Crippen molar-refractivity contribution in [1.82, 2.24) is 9.80 Å². The number of nitrogens with zero attached hydrogens (tertiary/aromatic N) is 2. The summed E-state index contributed by atoms with van der Waals surface area (Å²) in [7, 11) is 2.05. The molecule has 5 heteroatoms. The number of piperazine rings is 1. The van der Waals surface area contributed by atoms with Crippen LogP contribution in [0.1, 0.15) is 16.1 Å². The Bertz CT molecular complexity index is 402. The lowest BCUT2D eigenvalue weighted by Crippen LogP contribution is -2.56. The first kappa shape index (κ1) is 12.1. The molecule has 2 N–H and O–H groups in total. The second-order valence-corrected chi connectivity index (χ2v) is 4.54. The Labute approximate surface area is 101 Å². The number of likely N-dealkylation sites (N-methyl/N-ethyl adjacent to an activating group) is 1. The van der Waals surface area contributed by atoms with E-state index in [0.29, 0.717) is 17.9 Å². The van der Waals surface area contributed by atoms with Crippen LogP contribution in [0.2, 0.25) is 0 Å². The molecule has 0 aliphatic carbocycles. The zero-order valence-electron chi connectivity index (χ0n) is 10.3.